The van der Waals surface area contributed by atoms with Crippen molar-refractivity contribution in [2.75, 3.05) is 12.9 Å². The fraction of sp³-hybridized carbons (Fsp3) is 0.333. The summed E-state index contributed by atoms with van der Waals surface area (Å²) in [5, 5.41) is 10.1. The van der Waals surface area contributed by atoms with Crippen molar-refractivity contribution in [3.05, 3.63) is 87.7 Å². The van der Waals surface area contributed by atoms with Gasteiger partial charge in [-0.2, -0.15) is 4.98 Å². The number of aliphatic hydroxyl groups excluding tert-OH is 1. The Labute approximate surface area is 253 Å². The molecule has 3 heterocycles. The van der Waals surface area contributed by atoms with E-state index in [2.05, 4.69) is 9.97 Å². The summed E-state index contributed by atoms with van der Waals surface area (Å²) in [6.45, 7) is 5.09. The van der Waals surface area contributed by atoms with Crippen molar-refractivity contribution in [1.29, 1.82) is 0 Å². The van der Waals surface area contributed by atoms with Crippen LogP contribution in [-0.4, -0.2) is 65.1 Å². The molecule has 1 aliphatic rings. The van der Waals surface area contributed by atoms with Gasteiger partial charge in [0, 0.05) is 24.4 Å². The number of hydrogen-bond acceptors (Lipinski definition) is 10. The topological polar surface area (TPSA) is 147 Å². The summed E-state index contributed by atoms with van der Waals surface area (Å²) >= 11 is 6.39. The number of ether oxygens (including phenoxy) is 3. The van der Waals surface area contributed by atoms with Crippen LogP contribution in [-0.2, 0) is 24.0 Å². The smallest absolute Gasteiger partial charge is 0.338 e. The average Bonchev–Trinajstić information content (AvgIpc) is 3.53. The lowest BCUT2D eigenvalue weighted by Gasteiger charge is -2.19. The third-order valence-corrected chi connectivity index (χ3v) is 8.24. The van der Waals surface area contributed by atoms with Gasteiger partial charge in [-0.05, 0) is 45.0 Å². The second-order valence-corrected chi connectivity index (χ2v) is 12.8. The zero-order valence-electron chi connectivity index (χ0n) is 23.9. The van der Waals surface area contributed by atoms with Crippen molar-refractivity contribution < 1.29 is 37.3 Å². The van der Waals surface area contributed by atoms with Gasteiger partial charge in [-0.1, -0.05) is 47.0 Å². The molecule has 4 aromatic rings. The largest absolute Gasteiger partial charge is 0.459 e. The number of halogens is 1. The first kappa shape index (κ1) is 30.6. The van der Waals surface area contributed by atoms with Crippen LogP contribution < -0.4 is 0 Å². The molecule has 0 bridgehead atoms. The van der Waals surface area contributed by atoms with Crippen LogP contribution in [0, 0.1) is 13.8 Å². The van der Waals surface area contributed by atoms with Gasteiger partial charge >= 0.3 is 11.9 Å². The van der Waals surface area contributed by atoms with E-state index in [0.29, 0.717) is 16.7 Å². The second kappa shape index (κ2) is 12.0. The van der Waals surface area contributed by atoms with Crippen LogP contribution in [0.3, 0.4) is 0 Å². The zero-order chi connectivity index (χ0) is 31.1. The predicted molar refractivity (Wildman–Crippen MR) is 157 cm³/mol. The molecule has 13 heteroatoms. The van der Waals surface area contributed by atoms with Gasteiger partial charge in [0.2, 0.25) is 15.0 Å². The molecule has 0 amide bonds. The average molecular weight is 628 g/mol. The van der Waals surface area contributed by atoms with E-state index in [0.717, 1.165) is 17.4 Å². The Morgan fingerprint density at radius 1 is 1.05 bits per heavy atom. The number of esters is 2. The molecule has 1 aliphatic heterocycles. The standard InChI is InChI=1S/C30H30ClN3O8S/c1-16-5-9-19(10-6-16)28(36)40-15-23-22(42-29(37)20-11-7-17(2)8-12-20)13-24(41-23)34-14-21(18(3)35)25-26(31)32-30(33-27(25)34)43(4,38)39/h5-12,14,18,22-24,35H,13,15H2,1-4H3/t18?,22-,23+,24+/m0/s1. The third kappa shape index (κ3) is 6.57. The lowest BCUT2D eigenvalue weighted by molar-refractivity contribution is -0.0563. The number of carbonyl (C=O) groups excluding carboxylic acids is 2. The highest BCUT2D eigenvalue weighted by Gasteiger charge is 2.41. The minimum atomic E-state index is -3.84. The molecule has 4 atom stereocenters. The van der Waals surface area contributed by atoms with E-state index in [1.807, 2.05) is 13.8 Å². The summed E-state index contributed by atoms with van der Waals surface area (Å²) in [4.78, 5) is 34.0. The highest BCUT2D eigenvalue weighted by molar-refractivity contribution is 7.90. The number of sulfone groups is 1. The second-order valence-electron chi connectivity index (χ2n) is 10.6. The Morgan fingerprint density at radius 2 is 1.63 bits per heavy atom. The fourth-order valence-corrected chi connectivity index (χ4v) is 5.62. The summed E-state index contributed by atoms with van der Waals surface area (Å²) in [6.07, 6.45) is -0.992. The quantitative estimate of drug-likeness (QED) is 0.168. The molecule has 0 spiro atoms. The van der Waals surface area contributed by atoms with Crippen LogP contribution in [0.5, 0.6) is 0 Å². The van der Waals surface area contributed by atoms with Crippen LogP contribution >= 0.6 is 11.6 Å². The molecule has 1 saturated heterocycles. The number of aryl methyl sites for hydroxylation is 2. The normalized spacial score (nSPS) is 19.3. The van der Waals surface area contributed by atoms with Crippen molar-refractivity contribution in [2.24, 2.45) is 0 Å². The van der Waals surface area contributed by atoms with Crippen molar-refractivity contribution in [3.63, 3.8) is 0 Å². The summed E-state index contributed by atoms with van der Waals surface area (Å²) < 4.78 is 43.8. The Bertz CT molecular complexity index is 1790. The molecule has 5 rings (SSSR count). The van der Waals surface area contributed by atoms with Gasteiger partial charge in [-0.15, -0.1) is 0 Å². The van der Waals surface area contributed by atoms with E-state index in [1.54, 1.807) is 54.7 Å². The zero-order valence-corrected chi connectivity index (χ0v) is 25.4. The van der Waals surface area contributed by atoms with Gasteiger partial charge in [0.05, 0.1) is 22.6 Å². The predicted octanol–water partition coefficient (Wildman–Crippen LogP) is 4.53. The van der Waals surface area contributed by atoms with Crippen molar-refractivity contribution in [2.45, 2.75) is 56.9 Å². The Hall–Kier alpha value is -3.84. The summed E-state index contributed by atoms with van der Waals surface area (Å²) in [7, 11) is -3.84. The lowest BCUT2D eigenvalue weighted by atomic mass is 10.1. The van der Waals surface area contributed by atoms with Crippen molar-refractivity contribution in [3.8, 4) is 0 Å². The maximum absolute atomic E-state index is 13.1. The molecule has 1 N–H and O–H groups in total. The van der Waals surface area contributed by atoms with Crippen molar-refractivity contribution >= 4 is 44.4 Å². The minimum absolute atomic E-state index is 0.100. The Kier molecular flexibility index (Phi) is 8.57. The molecule has 0 saturated carbocycles. The van der Waals surface area contributed by atoms with Gasteiger partial charge in [-0.25, -0.2) is 23.0 Å². The first-order valence-corrected chi connectivity index (χ1v) is 15.7. The first-order chi connectivity index (χ1) is 20.3. The van der Waals surface area contributed by atoms with Gasteiger partial charge in [0.25, 0.3) is 0 Å². The van der Waals surface area contributed by atoms with Crippen LogP contribution in [0.2, 0.25) is 5.15 Å². The Balaban J connectivity index is 1.48. The van der Waals surface area contributed by atoms with Gasteiger partial charge in [-0.3, -0.25) is 0 Å². The molecule has 1 fully saturated rings. The van der Waals surface area contributed by atoms with E-state index in [9.17, 15) is 23.1 Å². The van der Waals surface area contributed by atoms with Gasteiger partial charge in [0.15, 0.2) is 0 Å². The monoisotopic (exact) mass is 627 g/mol. The number of nitrogens with zero attached hydrogens (tertiary/aromatic N) is 3. The first-order valence-electron chi connectivity index (χ1n) is 13.4. The molecule has 0 aliphatic carbocycles. The fourth-order valence-electron chi connectivity index (χ4n) is 4.79. The number of benzene rings is 2. The van der Waals surface area contributed by atoms with Gasteiger partial charge in [0.1, 0.15) is 35.8 Å². The number of rotatable bonds is 8. The summed E-state index contributed by atoms with van der Waals surface area (Å²) in [5.74, 6) is -1.16. The summed E-state index contributed by atoms with van der Waals surface area (Å²) in [6, 6.07) is 13.8. The molecule has 226 valence electrons. The molecule has 1 unspecified atom stereocenters. The molecule has 11 nitrogen and oxygen atoms in total. The van der Waals surface area contributed by atoms with Crippen LogP contribution in [0.15, 0.2) is 59.9 Å². The number of carbonyl (C=O) groups is 2. The molecular formula is C30H30ClN3O8S. The number of aliphatic hydroxyl groups is 1. The molecule has 2 aromatic heterocycles. The van der Waals surface area contributed by atoms with E-state index in [-0.39, 0.29) is 29.2 Å². The summed E-state index contributed by atoms with van der Waals surface area (Å²) in [5.41, 5.74) is 3.12. The van der Waals surface area contributed by atoms with E-state index >= 15 is 0 Å². The highest BCUT2D eigenvalue weighted by Crippen LogP contribution is 2.38. The maximum atomic E-state index is 13.1. The minimum Gasteiger partial charge on any atom is -0.459 e. The van der Waals surface area contributed by atoms with Gasteiger partial charge < -0.3 is 23.9 Å². The number of hydrogen-bond donors (Lipinski definition) is 1. The van der Waals surface area contributed by atoms with E-state index in [4.69, 9.17) is 25.8 Å². The number of fused-ring (bicyclic) bond motifs is 1. The van der Waals surface area contributed by atoms with E-state index in [1.165, 1.54) is 11.5 Å². The SMILES string of the molecule is Cc1ccc(C(=O)OC[C@H]2O[C@@H](n3cc(C(C)O)c4c(Cl)nc(S(C)(=O)=O)nc43)C[C@@H]2OC(=O)c2ccc(C)cc2)cc1. The lowest BCUT2D eigenvalue weighted by Crippen LogP contribution is -2.32. The molecule has 2 aromatic carbocycles. The van der Waals surface area contributed by atoms with Crippen molar-refractivity contribution in [1.82, 2.24) is 14.5 Å². The Morgan fingerprint density at radius 3 is 2.19 bits per heavy atom. The maximum Gasteiger partial charge on any atom is 0.338 e. The molecule has 43 heavy (non-hydrogen) atoms. The van der Waals surface area contributed by atoms with Crippen LogP contribution in [0.4, 0.5) is 0 Å². The number of aromatic nitrogens is 3. The molecular weight excluding hydrogens is 598 g/mol. The molecule has 0 radical (unpaired) electrons. The van der Waals surface area contributed by atoms with Crippen LogP contribution in [0.1, 0.15) is 63.1 Å². The van der Waals surface area contributed by atoms with E-state index < -0.39 is 51.5 Å². The van der Waals surface area contributed by atoms with Crippen LogP contribution in [0.25, 0.3) is 11.0 Å². The highest BCUT2D eigenvalue weighted by atomic mass is 35.5. The third-order valence-electron chi connectivity index (χ3n) is 7.12.